The van der Waals surface area contributed by atoms with E-state index < -0.39 is 6.04 Å². The lowest BCUT2D eigenvalue weighted by Crippen LogP contribution is -2.47. The van der Waals surface area contributed by atoms with Gasteiger partial charge < -0.3 is 10.6 Å². The molecular weight excluding hydrogens is 304 g/mol. The summed E-state index contributed by atoms with van der Waals surface area (Å²) in [4.78, 5) is 16.1. The van der Waals surface area contributed by atoms with Crippen molar-refractivity contribution in [2.24, 2.45) is 11.7 Å². The van der Waals surface area contributed by atoms with Gasteiger partial charge in [0.1, 0.15) is 6.04 Å². The largest absolute Gasteiger partial charge is 0.340 e. The molecule has 1 amide bonds. The maximum atomic E-state index is 12.8. The number of hydrogen-bond acceptors (Lipinski definition) is 5. The normalized spacial score (nSPS) is 20.6. The van der Waals surface area contributed by atoms with Crippen molar-refractivity contribution in [1.82, 2.24) is 25.1 Å². The standard InChI is InChI=1S/C17H24N6O/c1-12(18)15-9-6-10-22(11-15)17(24)13(2)23-20-16(19-21-23)14-7-4-3-5-8-14/h3-5,7-8,12-13,15H,6,9-11,18H2,1-2H3. The fourth-order valence-corrected chi connectivity index (χ4v) is 3.09. The quantitative estimate of drug-likeness (QED) is 0.918. The zero-order valence-electron chi connectivity index (χ0n) is 14.2. The van der Waals surface area contributed by atoms with Gasteiger partial charge in [0.05, 0.1) is 0 Å². The first kappa shape index (κ1) is 16.6. The number of benzene rings is 1. The molecule has 7 heteroatoms. The minimum atomic E-state index is -0.471. The van der Waals surface area contributed by atoms with Crippen LogP contribution in [0.3, 0.4) is 0 Å². The zero-order valence-corrected chi connectivity index (χ0v) is 14.2. The molecule has 2 N–H and O–H groups in total. The van der Waals surface area contributed by atoms with Crippen molar-refractivity contribution < 1.29 is 4.79 Å². The van der Waals surface area contributed by atoms with E-state index in [1.807, 2.05) is 49.1 Å². The highest BCUT2D eigenvalue weighted by Gasteiger charge is 2.30. The van der Waals surface area contributed by atoms with Crippen LogP contribution in [0.25, 0.3) is 11.4 Å². The van der Waals surface area contributed by atoms with Gasteiger partial charge in [0, 0.05) is 24.7 Å². The Kier molecular flexibility index (Phi) is 4.89. The molecular formula is C17H24N6O. The van der Waals surface area contributed by atoms with E-state index in [0.717, 1.165) is 24.9 Å². The van der Waals surface area contributed by atoms with Crippen LogP contribution in [-0.2, 0) is 4.79 Å². The Hall–Kier alpha value is -2.28. The Morgan fingerprint density at radius 1 is 1.29 bits per heavy atom. The van der Waals surface area contributed by atoms with Gasteiger partial charge in [0.2, 0.25) is 11.7 Å². The Balaban J connectivity index is 1.71. The van der Waals surface area contributed by atoms with Gasteiger partial charge in [0.25, 0.3) is 0 Å². The predicted octanol–water partition coefficient (Wildman–Crippen LogP) is 1.49. The average Bonchev–Trinajstić information content (AvgIpc) is 3.11. The van der Waals surface area contributed by atoms with Gasteiger partial charge in [0.15, 0.2) is 0 Å². The molecule has 0 aliphatic carbocycles. The maximum Gasteiger partial charge on any atom is 0.249 e. The second-order valence-corrected chi connectivity index (χ2v) is 6.52. The summed E-state index contributed by atoms with van der Waals surface area (Å²) in [5.74, 6) is 0.915. The Labute approximate surface area is 141 Å². The second kappa shape index (κ2) is 7.09. The molecule has 128 valence electrons. The van der Waals surface area contributed by atoms with Crippen LogP contribution in [0.2, 0.25) is 0 Å². The number of likely N-dealkylation sites (tertiary alicyclic amines) is 1. The van der Waals surface area contributed by atoms with Crippen molar-refractivity contribution in [2.45, 2.75) is 38.8 Å². The van der Waals surface area contributed by atoms with E-state index in [0.29, 0.717) is 18.3 Å². The molecule has 1 saturated heterocycles. The molecule has 1 aliphatic rings. The molecule has 3 rings (SSSR count). The molecule has 1 aromatic carbocycles. The lowest BCUT2D eigenvalue weighted by Gasteiger charge is -2.35. The molecule has 3 unspecified atom stereocenters. The highest BCUT2D eigenvalue weighted by Crippen LogP contribution is 2.21. The molecule has 7 nitrogen and oxygen atoms in total. The average molecular weight is 328 g/mol. The number of amides is 1. The lowest BCUT2D eigenvalue weighted by molar-refractivity contribution is -0.136. The highest BCUT2D eigenvalue weighted by molar-refractivity contribution is 5.80. The number of hydrogen-bond donors (Lipinski definition) is 1. The second-order valence-electron chi connectivity index (χ2n) is 6.52. The van der Waals surface area contributed by atoms with E-state index in [4.69, 9.17) is 5.73 Å². The first-order valence-electron chi connectivity index (χ1n) is 8.45. The molecule has 3 atom stereocenters. The van der Waals surface area contributed by atoms with E-state index in [1.54, 1.807) is 0 Å². The van der Waals surface area contributed by atoms with Gasteiger partial charge in [-0.15, -0.1) is 10.2 Å². The number of carbonyl (C=O) groups is 1. The van der Waals surface area contributed by atoms with Crippen molar-refractivity contribution in [3.63, 3.8) is 0 Å². The molecule has 0 bridgehead atoms. The Bertz CT molecular complexity index is 683. The van der Waals surface area contributed by atoms with Crippen LogP contribution >= 0.6 is 0 Å². The zero-order chi connectivity index (χ0) is 17.1. The molecule has 0 spiro atoms. The maximum absolute atomic E-state index is 12.8. The molecule has 0 radical (unpaired) electrons. The molecule has 1 aliphatic heterocycles. The van der Waals surface area contributed by atoms with E-state index in [-0.39, 0.29) is 11.9 Å². The third-order valence-corrected chi connectivity index (χ3v) is 4.68. The Morgan fingerprint density at radius 2 is 2.04 bits per heavy atom. The van der Waals surface area contributed by atoms with Crippen LogP contribution in [0.1, 0.15) is 32.7 Å². The van der Waals surface area contributed by atoms with E-state index in [1.165, 1.54) is 4.80 Å². The smallest absolute Gasteiger partial charge is 0.249 e. The van der Waals surface area contributed by atoms with Crippen molar-refractivity contribution in [3.8, 4) is 11.4 Å². The number of carbonyl (C=O) groups excluding carboxylic acids is 1. The molecule has 0 saturated carbocycles. The first-order valence-corrected chi connectivity index (χ1v) is 8.45. The van der Waals surface area contributed by atoms with Gasteiger partial charge in [-0.25, -0.2) is 0 Å². The van der Waals surface area contributed by atoms with Gasteiger partial charge in [-0.1, -0.05) is 30.3 Å². The third kappa shape index (κ3) is 3.46. The minimum Gasteiger partial charge on any atom is -0.340 e. The summed E-state index contributed by atoms with van der Waals surface area (Å²) in [7, 11) is 0. The lowest BCUT2D eigenvalue weighted by atomic mass is 9.92. The van der Waals surface area contributed by atoms with Crippen LogP contribution in [0, 0.1) is 5.92 Å². The van der Waals surface area contributed by atoms with Gasteiger partial charge in [-0.2, -0.15) is 4.80 Å². The summed E-state index contributed by atoms with van der Waals surface area (Å²) >= 11 is 0. The molecule has 24 heavy (non-hydrogen) atoms. The summed E-state index contributed by atoms with van der Waals surface area (Å²) in [6, 6.07) is 9.26. The van der Waals surface area contributed by atoms with Crippen LogP contribution in [0.5, 0.6) is 0 Å². The van der Waals surface area contributed by atoms with Crippen LogP contribution in [-0.4, -0.2) is 50.1 Å². The van der Waals surface area contributed by atoms with Crippen molar-refractivity contribution in [1.29, 1.82) is 0 Å². The van der Waals surface area contributed by atoms with E-state index in [9.17, 15) is 4.79 Å². The van der Waals surface area contributed by atoms with Crippen molar-refractivity contribution in [2.75, 3.05) is 13.1 Å². The van der Waals surface area contributed by atoms with E-state index in [2.05, 4.69) is 15.4 Å². The summed E-state index contributed by atoms with van der Waals surface area (Å²) in [5, 5.41) is 12.5. The number of piperidine rings is 1. The van der Waals surface area contributed by atoms with Crippen molar-refractivity contribution in [3.05, 3.63) is 30.3 Å². The van der Waals surface area contributed by atoms with Crippen LogP contribution < -0.4 is 5.73 Å². The molecule has 2 aromatic rings. The summed E-state index contributed by atoms with van der Waals surface area (Å²) in [5.41, 5.74) is 6.89. The molecule has 1 aromatic heterocycles. The molecule has 1 fully saturated rings. The van der Waals surface area contributed by atoms with Gasteiger partial charge >= 0.3 is 0 Å². The fraction of sp³-hybridized carbons (Fsp3) is 0.529. The first-order chi connectivity index (χ1) is 11.6. The van der Waals surface area contributed by atoms with Gasteiger partial charge in [-0.05, 0) is 37.8 Å². The number of nitrogens with zero attached hydrogens (tertiary/aromatic N) is 5. The predicted molar refractivity (Wildman–Crippen MR) is 90.9 cm³/mol. The number of aromatic nitrogens is 4. The van der Waals surface area contributed by atoms with Crippen LogP contribution in [0.4, 0.5) is 0 Å². The fourth-order valence-electron chi connectivity index (χ4n) is 3.09. The summed E-state index contributed by atoms with van der Waals surface area (Å²) in [6.07, 6.45) is 2.07. The number of rotatable bonds is 4. The Morgan fingerprint density at radius 3 is 2.75 bits per heavy atom. The topological polar surface area (TPSA) is 89.9 Å². The van der Waals surface area contributed by atoms with Gasteiger partial charge in [-0.3, -0.25) is 4.79 Å². The highest BCUT2D eigenvalue weighted by atomic mass is 16.2. The number of tetrazole rings is 1. The number of nitrogens with two attached hydrogens (primary N) is 1. The van der Waals surface area contributed by atoms with Crippen LogP contribution in [0.15, 0.2) is 30.3 Å². The third-order valence-electron chi connectivity index (χ3n) is 4.68. The minimum absolute atomic E-state index is 0.0253. The molecule has 2 heterocycles. The van der Waals surface area contributed by atoms with E-state index >= 15 is 0 Å². The summed E-state index contributed by atoms with van der Waals surface area (Å²) in [6.45, 7) is 5.30. The van der Waals surface area contributed by atoms with Crippen molar-refractivity contribution >= 4 is 5.91 Å². The monoisotopic (exact) mass is 328 g/mol. The summed E-state index contributed by atoms with van der Waals surface area (Å²) < 4.78 is 0. The SMILES string of the molecule is CC(N)C1CCCN(C(=O)C(C)n2nnc(-c3ccccc3)n2)C1.